The molecule has 0 unspecified atom stereocenters. The Morgan fingerprint density at radius 1 is 1.37 bits per heavy atom. The van der Waals surface area contributed by atoms with Gasteiger partial charge in [0.25, 0.3) is 0 Å². The van der Waals surface area contributed by atoms with Gasteiger partial charge in [0.15, 0.2) is 0 Å². The van der Waals surface area contributed by atoms with E-state index in [4.69, 9.17) is 4.74 Å². The number of benzene rings is 1. The smallest absolute Gasteiger partial charge is 0.224 e. The first-order valence-corrected chi connectivity index (χ1v) is 5.92. The number of hydrogen-bond donors (Lipinski definition) is 1. The van der Waals surface area contributed by atoms with E-state index < -0.39 is 17.5 Å². The van der Waals surface area contributed by atoms with E-state index in [0.29, 0.717) is 19.8 Å². The highest BCUT2D eigenvalue weighted by atomic mass is 19.1. The van der Waals surface area contributed by atoms with Crippen molar-refractivity contribution in [2.75, 3.05) is 19.8 Å². The fraction of sp³-hybridized carbons (Fsp3) is 0.357. The van der Waals surface area contributed by atoms with Crippen LogP contribution in [0.4, 0.5) is 8.78 Å². The van der Waals surface area contributed by atoms with Crippen molar-refractivity contribution < 1.29 is 18.3 Å². The molecule has 5 heteroatoms. The fourth-order valence-electron chi connectivity index (χ4n) is 1.43. The van der Waals surface area contributed by atoms with Crippen molar-refractivity contribution in [3.05, 3.63) is 47.5 Å². The molecule has 0 bridgehead atoms. The summed E-state index contributed by atoms with van der Waals surface area (Å²) in [5.41, 5.74) is 0.669. The predicted octanol–water partition coefficient (Wildman–Crippen LogP) is 2.22. The van der Waals surface area contributed by atoms with Gasteiger partial charge >= 0.3 is 0 Å². The van der Waals surface area contributed by atoms with Crippen LogP contribution in [0.2, 0.25) is 0 Å². The summed E-state index contributed by atoms with van der Waals surface area (Å²) in [5, 5.41) is 2.53. The minimum atomic E-state index is -0.714. The third-order valence-corrected chi connectivity index (χ3v) is 2.32. The van der Waals surface area contributed by atoms with Gasteiger partial charge in [-0.3, -0.25) is 4.79 Å². The van der Waals surface area contributed by atoms with Crippen LogP contribution in [-0.4, -0.2) is 25.7 Å². The van der Waals surface area contributed by atoms with Crippen molar-refractivity contribution in [3.8, 4) is 0 Å². The topological polar surface area (TPSA) is 38.3 Å². The van der Waals surface area contributed by atoms with Crippen LogP contribution in [0.1, 0.15) is 12.5 Å². The molecule has 104 valence electrons. The molecule has 1 rings (SSSR count). The van der Waals surface area contributed by atoms with Gasteiger partial charge in [0.05, 0.1) is 19.6 Å². The van der Waals surface area contributed by atoms with Gasteiger partial charge in [-0.1, -0.05) is 18.2 Å². The molecule has 0 aromatic heterocycles. The molecular formula is C14H17F2NO2. The van der Waals surface area contributed by atoms with E-state index in [2.05, 4.69) is 11.9 Å². The SMILES string of the molecule is C=C(C)COCCNC(=O)Cc1c(F)cccc1F. The quantitative estimate of drug-likeness (QED) is 0.609. The maximum absolute atomic E-state index is 13.3. The molecule has 19 heavy (non-hydrogen) atoms. The number of hydrogen-bond acceptors (Lipinski definition) is 2. The lowest BCUT2D eigenvalue weighted by molar-refractivity contribution is -0.120. The molecule has 0 fully saturated rings. The Morgan fingerprint density at radius 3 is 2.58 bits per heavy atom. The maximum Gasteiger partial charge on any atom is 0.224 e. The van der Waals surface area contributed by atoms with Gasteiger partial charge in [0.1, 0.15) is 11.6 Å². The summed E-state index contributed by atoms with van der Waals surface area (Å²) in [7, 11) is 0. The highest BCUT2D eigenvalue weighted by molar-refractivity contribution is 5.78. The molecule has 1 amide bonds. The molecule has 0 saturated carbocycles. The van der Waals surface area contributed by atoms with E-state index in [1.54, 1.807) is 0 Å². The van der Waals surface area contributed by atoms with Gasteiger partial charge in [-0.25, -0.2) is 8.78 Å². The van der Waals surface area contributed by atoms with E-state index in [1.807, 2.05) is 6.92 Å². The van der Waals surface area contributed by atoms with E-state index in [1.165, 1.54) is 6.07 Å². The van der Waals surface area contributed by atoms with Gasteiger partial charge in [0, 0.05) is 12.1 Å². The van der Waals surface area contributed by atoms with Gasteiger partial charge in [-0.2, -0.15) is 0 Å². The molecule has 0 heterocycles. The Kier molecular flexibility index (Phi) is 6.15. The summed E-state index contributed by atoms with van der Waals surface area (Å²) >= 11 is 0. The van der Waals surface area contributed by atoms with E-state index in [-0.39, 0.29) is 12.0 Å². The van der Waals surface area contributed by atoms with Gasteiger partial charge in [-0.15, -0.1) is 0 Å². The van der Waals surface area contributed by atoms with Crippen LogP contribution < -0.4 is 5.32 Å². The molecule has 0 saturated heterocycles. The molecule has 1 aromatic carbocycles. The molecule has 0 atom stereocenters. The number of carbonyl (C=O) groups is 1. The molecule has 0 aliphatic carbocycles. The molecule has 0 spiro atoms. The van der Waals surface area contributed by atoms with Crippen molar-refractivity contribution in [2.24, 2.45) is 0 Å². The Hall–Kier alpha value is -1.75. The number of amides is 1. The van der Waals surface area contributed by atoms with Crippen molar-refractivity contribution in [3.63, 3.8) is 0 Å². The molecular weight excluding hydrogens is 252 g/mol. The molecule has 0 radical (unpaired) electrons. The second-order valence-electron chi connectivity index (χ2n) is 4.24. The lowest BCUT2D eigenvalue weighted by Crippen LogP contribution is -2.29. The van der Waals surface area contributed by atoms with Gasteiger partial charge < -0.3 is 10.1 Å². The highest BCUT2D eigenvalue weighted by Gasteiger charge is 2.12. The third kappa shape index (κ3) is 5.61. The Labute approximate surface area is 111 Å². The zero-order valence-electron chi connectivity index (χ0n) is 10.8. The number of ether oxygens (including phenoxy) is 1. The minimum Gasteiger partial charge on any atom is -0.375 e. The maximum atomic E-state index is 13.3. The average molecular weight is 269 g/mol. The standard InChI is InChI=1S/C14H17F2NO2/c1-10(2)9-19-7-6-17-14(18)8-11-12(15)4-3-5-13(11)16/h3-5H,1,6-9H2,2H3,(H,17,18). The van der Waals surface area contributed by atoms with Crippen LogP contribution in [0.25, 0.3) is 0 Å². The first kappa shape index (κ1) is 15.3. The highest BCUT2D eigenvalue weighted by Crippen LogP contribution is 2.12. The molecule has 3 nitrogen and oxygen atoms in total. The summed E-state index contributed by atoms with van der Waals surface area (Å²) in [4.78, 5) is 11.5. The Morgan fingerprint density at radius 2 is 2.00 bits per heavy atom. The van der Waals surface area contributed by atoms with Crippen molar-refractivity contribution in [1.29, 1.82) is 0 Å². The third-order valence-electron chi connectivity index (χ3n) is 2.32. The van der Waals surface area contributed by atoms with Crippen LogP contribution >= 0.6 is 0 Å². The predicted molar refractivity (Wildman–Crippen MR) is 68.7 cm³/mol. The second-order valence-corrected chi connectivity index (χ2v) is 4.24. The van der Waals surface area contributed by atoms with E-state index >= 15 is 0 Å². The summed E-state index contributed by atoms with van der Waals surface area (Å²) in [6.45, 7) is 6.55. The number of nitrogens with one attached hydrogen (secondary N) is 1. The zero-order chi connectivity index (χ0) is 14.3. The van der Waals surface area contributed by atoms with Crippen molar-refractivity contribution >= 4 is 5.91 Å². The molecule has 1 aromatic rings. The largest absolute Gasteiger partial charge is 0.375 e. The zero-order valence-corrected chi connectivity index (χ0v) is 10.8. The lowest BCUT2D eigenvalue weighted by Gasteiger charge is -2.07. The molecule has 1 N–H and O–H groups in total. The Bertz CT molecular complexity index is 441. The van der Waals surface area contributed by atoms with Crippen LogP contribution in [0, 0.1) is 11.6 Å². The lowest BCUT2D eigenvalue weighted by atomic mass is 10.1. The van der Waals surface area contributed by atoms with Crippen LogP contribution in [0.15, 0.2) is 30.4 Å². The number of carbonyl (C=O) groups excluding carboxylic acids is 1. The van der Waals surface area contributed by atoms with Gasteiger partial charge in [0.2, 0.25) is 5.91 Å². The summed E-state index contributed by atoms with van der Waals surface area (Å²) in [6.07, 6.45) is -0.320. The molecule has 0 aliphatic heterocycles. The van der Waals surface area contributed by atoms with Gasteiger partial charge in [-0.05, 0) is 19.1 Å². The van der Waals surface area contributed by atoms with Crippen molar-refractivity contribution in [2.45, 2.75) is 13.3 Å². The average Bonchev–Trinajstić information content (AvgIpc) is 2.33. The molecule has 0 aliphatic rings. The number of halogens is 2. The van der Waals surface area contributed by atoms with Crippen LogP contribution in [-0.2, 0) is 16.0 Å². The summed E-state index contributed by atoms with van der Waals surface area (Å²) in [6, 6.07) is 3.51. The van der Waals surface area contributed by atoms with E-state index in [0.717, 1.165) is 17.7 Å². The Balaban J connectivity index is 2.33. The summed E-state index contributed by atoms with van der Waals surface area (Å²) in [5.74, 6) is -1.87. The van der Waals surface area contributed by atoms with Crippen molar-refractivity contribution in [1.82, 2.24) is 5.32 Å². The monoisotopic (exact) mass is 269 g/mol. The first-order valence-electron chi connectivity index (χ1n) is 5.92. The van der Waals surface area contributed by atoms with Crippen LogP contribution in [0.3, 0.4) is 0 Å². The second kappa shape index (κ2) is 7.63. The van der Waals surface area contributed by atoms with E-state index in [9.17, 15) is 13.6 Å². The minimum absolute atomic E-state index is 0.220. The van der Waals surface area contributed by atoms with Crippen LogP contribution in [0.5, 0.6) is 0 Å². The first-order chi connectivity index (χ1) is 9.00. The fourth-order valence-corrected chi connectivity index (χ4v) is 1.43. The normalized spacial score (nSPS) is 10.3. The summed E-state index contributed by atoms with van der Waals surface area (Å²) < 4.78 is 31.8. The number of rotatable bonds is 7.